The molecule has 0 spiro atoms. The normalized spacial score (nSPS) is 20.0. The zero-order valence-corrected chi connectivity index (χ0v) is 16.5. The molecule has 6 nitrogen and oxygen atoms in total. The van der Waals surface area contributed by atoms with Crippen molar-refractivity contribution in [2.75, 3.05) is 19.3 Å². The molecular formula is C20H25N3O3S. The molecule has 4 rings (SSSR count). The van der Waals surface area contributed by atoms with Crippen molar-refractivity contribution >= 4 is 15.9 Å². The van der Waals surface area contributed by atoms with Gasteiger partial charge in [0.2, 0.25) is 15.9 Å². The third-order valence-electron chi connectivity index (χ3n) is 5.39. The number of hydrogen-bond donors (Lipinski definition) is 0. The number of aromatic nitrogens is 1. The highest BCUT2D eigenvalue weighted by atomic mass is 32.2. The lowest BCUT2D eigenvalue weighted by Crippen LogP contribution is -2.48. The quantitative estimate of drug-likeness (QED) is 0.790. The summed E-state index contributed by atoms with van der Waals surface area (Å²) in [7, 11) is -3.39. The summed E-state index contributed by atoms with van der Waals surface area (Å²) in [6.45, 7) is 3.25. The van der Waals surface area contributed by atoms with Gasteiger partial charge in [-0.3, -0.25) is 4.79 Å². The lowest BCUT2D eigenvalue weighted by molar-refractivity contribution is -0.134. The predicted molar refractivity (Wildman–Crippen MR) is 104 cm³/mol. The van der Waals surface area contributed by atoms with E-state index >= 15 is 0 Å². The molecule has 0 N–H and O–H groups in total. The Hall–Kier alpha value is -2.12. The van der Waals surface area contributed by atoms with Crippen LogP contribution in [0.25, 0.3) is 0 Å². The molecule has 1 saturated carbocycles. The van der Waals surface area contributed by atoms with E-state index in [1.807, 2.05) is 48.4 Å². The van der Waals surface area contributed by atoms with Gasteiger partial charge in [-0.1, -0.05) is 29.8 Å². The molecule has 2 heterocycles. The summed E-state index contributed by atoms with van der Waals surface area (Å²) < 4.78 is 27.8. The Morgan fingerprint density at radius 2 is 1.96 bits per heavy atom. The summed E-state index contributed by atoms with van der Waals surface area (Å²) in [5.74, 6) is -0.133. The number of nitrogens with zero attached hydrogens (tertiary/aromatic N) is 3. The molecule has 1 amide bonds. The zero-order valence-electron chi connectivity index (χ0n) is 15.7. The van der Waals surface area contributed by atoms with Crippen LogP contribution in [0.3, 0.4) is 0 Å². The van der Waals surface area contributed by atoms with Crippen LogP contribution in [0.15, 0.2) is 42.6 Å². The Kier molecular flexibility index (Phi) is 4.60. The minimum atomic E-state index is -3.39. The van der Waals surface area contributed by atoms with Crippen LogP contribution in [0.4, 0.5) is 0 Å². The van der Waals surface area contributed by atoms with Gasteiger partial charge in [0, 0.05) is 31.0 Å². The van der Waals surface area contributed by atoms with Gasteiger partial charge in [-0.15, -0.1) is 0 Å². The van der Waals surface area contributed by atoms with Gasteiger partial charge < -0.3 is 9.47 Å². The van der Waals surface area contributed by atoms with Crippen LogP contribution in [0.1, 0.15) is 35.7 Å². The second-order valence-corrected chi connectivity index (χ2v) is 9.50. The summed E-state index contributed by atoms with van der Waals surface area (Å²) >= 11 is 0. The van der Waals surface area contributed by atoms with Crippen molar-refractivity contribution in [3.8, 4) is 0 Å². The van der Waals surface area contributed by atoms with Gasteiger partial charge in [0.25, 0.3) is 0 Å². The predicted octanol–water partition coefficient (Wildman–Crippen LogP) is 2.15. The second-order valence-electron chi connectivity index (χ2n) is 7.57. The summed E-state index contributed by atoms with van der Waals surface area (Å²) in [6.07, 6.45) is 4.90. The number of fused-ring (bicyclic) bond motifs is 1. The van der Waals surface area contributed by atoms with Crippen molar-refractivity contribution in [1.82, 2.24) is 13.8 Å². The SMILES string of the molecule is Cc1cccc(C2c3cccn3CCN2C(=O)CN(C2CC2)S(C)(=O)=O)c1. The van der Waals surface area contributed by atoms with Gasteiger partial charge in [-0.25, -0.2) is 8.42 Å². The summed E-state index contributed by atoms with van der Waals surface area (Å²) in [5, 5.41) is 0. The molecule has 1 unspecified atom stereocenters. The molecule has 2 aliphatic rings. The Balaban J connectivity index is 1.67. The highest BCUT2D eigenvalue weighted by Gasteiger charge is 2.39. The summed E-state index contributed by atoms with van der Waals surface area (Å²) in [6, 6.07) is 12.0. The molecule has 1 fully saturated rings. The number of amides is 1. The molecule has 7 heteroatoms. The maximum Gasteiger partial charge on any atom is 0.238 e. The first-order valence-electron chi connectivity index (χ1n) is 9.32. The average Bonchev–Trinajstić information content (AvgIpc) is 3.33. The number of aryl methyl sites for hydroxylation is 1. The van der Waals surface area contributed by atoms with Gasteiger partial charge in [0.1, 0.15) is 0 Å². The zero-order chi connectivity index (χ0) is 19.2. The molecule has 144 valence electrons. The minimum Gasteiger partial charge on any atom is -0.348 e. The summed E-state index contributed by atoms with van der Waals surface area (Å²) in [4.78, 5) is 15.0. The van der Waals surface area contributed by atoms with Crippen LogP contribution in [0.5, 0.6) is 0 Å². The second kappa shape index (κ2) is 6.80. The largest absolute Gasteiger partial charge is 0.348 e. The average molecular weight is 388 g/mol. The lowest BCUT2D eigenvalue weighted by Gasteiger charge is -2.38. The van der Waals surface area contributed by atoms with Gasteiger partial charge in [-0.2, -0.15) is 4.31 Å². The molecule has 0 saturated heterocycles. The van der Waals surface area contributed by atoms with E-state index in [1.54, 1.807) is 0 Å². The van der Waals surface area contributed by atoms with E-state index in [0.29, 0.717) is 6.54 Å². The third-order valence-corrected chi connectivity index (χ3v) is 6.67. The monoisotopic (exact) mass is 387 g/mol. The Morgan fingerprint density at radius 3 is 2.63 bits per heavy atom. The molecule has 1 atom stereocenters. The number of carbonyl (C=O) groups excluding carboxylic acids is 1. The fourth-order valence-corrected chi connectivity index (χ4v) is 5.04. The fraction of sp³-hybridized carbons (Fsp3) is 0.450. The molecule has 1 aliphatic carbocycles. The molecule has 1 aromatic carbocycles. The maximum absolute atomic E-state index is 13.2. The number of rotatable bonds is 5. The van der Waals surface area contributed by atoms with E-state index in [9.17, 15) is 13.2 Å². The summed E-state index contributed by atoms with van der Waals surface area (Å²) in [5.41, 5.74) is 3.26. The van der Waals surface area contributed by atoms with Crippen LogP contribution in [0, 0.1) is 6.92 Å². The highest BCUT2D eigenvalue weighted by Crippen LogP contribution is 2.34. The highest BCUT2D eigenvalue weighted by molar-refractivity contribution is 7.88. The van der Waals surface area contributed by atoms with Crippen molar-refractivity contribution in [1.29, 1.82) is 0 Å². The van der Waals surface area contributed by atoms with Crippen LogP contribution in [-0.2, 0) is 21.4 Å². The van der Waals surface area contributed by atoms with Gasteiger partial charge >= 0.3 is 0 Å². The minimum absolute atomic E-state index is 0.0185. The Morgan fingerprint density at radius 1 is 1.19 bits per heavy atom. The topological polar surface area (TPSA) is 62.6 Å². The first-order valence-corrected chi connectivity index (χ1v) is 11.2. The van der Waals surface area contributed by atoms with Gasteiger partial charge in [0.05, 0.1) is 18.8 Å². The van der Waals surface area contributed by atoms with Crippen molar-refractivity contribution in [3.05, 3.63) is 59.4 Å². The first-order chi connectivity index (χ1) is 12.8. The Bertz CT molecular complexity index is 962. The van der Waals surface area contributed by atoms with Crippen molar-refractivity contribution in [3.63, 3.8) is 0 Å². The lowest BCUT2D eigenvalue weighted by atomic mass is 9.98. The third kappa shape index (κ3) is 3.66. The molecule has 1 aliphatic heterocycles. The molecule has 0 radical (unpaired) electrons. The van der Waals surface area contributed by atoms with Crippen LogP contribution in [-0.4, -0.2) is 53.5 Å². The van der Waals surface area contributed by atoms with Crippen LogP contribution >= 0.6 is 0 Å². The van der Waals surface area contributed by atoms with Crippen LogP contribution < -0.4 is 0 Å². The van der Waals surface area contributed by atoms with Crippen molar-refractivity contribution in [2.45, 2.75) is 38.4 Å². The number of hydrogen-bond acceptors (Lipinski definition) is 3. The van der Waals surface area contributed by atoms with Crippen molar-refractivity contribution in [2.24, 2.45) is 0 Å². The van der Waals surface area contributed by atoms with Gasteiger partial charge in [0.15, 0.2) is 0 Å². The van der Waals surface area contributed by atoms with Crippen LogP contribution in [0.2, 0.25) is 0 Å². The van der Waals surface area contributed by atoms with E-state index < -0.39 is 10.0 Å². The smallest absolute Gasteiger partial charge is 0.238 e. The van der Waals surface area contributed by atoms with E-state index in [1.165, 1.54) is 10.6 Å². The molecular weight excluding hydrogens is 362 g/mol. The van der Waals surface area contributed by atoms with E-state index in [0.717, 1.165) is 36.2 Å². The fourth-order valence-electron chi connectivity index (χ4n) is 3.95. The molecule has 0 bridgehead atoms. The Labute approximate surface area is 160 Å². The van der Waals surface area contributed by atoms with E-state index in [4.69, 9.17) is 0 Å². The molecule has 2 aromatic rings. The standard InChI is InChI=1S/C20H25N3O3S/c1-15-5-3-6-16(13-15)20-18-7-4-10-21(18)11-12-22(20)19(24)14-23(17-8-9-17)27(2,25)26/h3-7,10,13,17,20H,8-9,11-12,14H2,1-2H3. The molecule has 1 aromatic heterocycles. The number of sulfonamides is 1. The van der Waals surface area contributed by atoms with E-state index in [2.05, 4.69) is 10.6 Å². The van der Waals surface area contributed by atoms with Gasteiger partial charge in [-0.05, 0) is 37.5 Å². The van der Waals surface area contributed by atoms with E-state index in [-0.39, 0.29) is 24.5 Å². The maximum atomic E-state index is 13.2. The van der Waals surface area contributed by atoms with Crippen molar-refractivity contribution < 1.29 is 13.2 Å². The number of carbonyl (C=O) groups is 1. The molecule has 27 heavy (non-hydrogen) atoms. The first kappa shape index (κ1) is 18.3. The number of benzene rings is 1.